The third-order valence-electron chi connectivity index (χ3n) is 6.12. The number of benzene rings is 3. The molecule has 1 aromatic heterocycles. The lowest BCUT2D eigenvalue weighted by molar-refractivity contribution is 0.0953. The van der Waals surface area contributed by atoms with Crippen LogP contribution in [0.2, 0.25) is 0 Å². The zero-order valence-corrected chi connectivity index (χ0v) is 20.3. The molecule has 0 saturated carbocycles. The molecule has 4 rings (SSSR count). The number of carbonyl (C=O) groups is 1. The van der Waals surface area contributed by atoms with E-state index in [9.17, 15) is 4.79 Å². The van der Waals surface area contributed by atoms with Crippen molar-refractivity contribution < 1.29 is 9.53 Å². The molecule has 0 saturated heterocycles. The molecule has 4 aromatic rings. The van der Waals surface area contributed by atoms with Crippen molar-refractivity contribution in [1.29, 1.82) is 0 Å². The van der Waals surface area contributed by atoms with Crippen molar-refractivity contribution in [1.82, 2.24) is 14.9 Å². The largest absolute Gasteiger partial charge is 0.493 e. The summed E-state index contributed by atoms with van der Waals surface area (Å²) in [6, 6.07) is 22.2. The zero-order chi connectivity index (χ0) is 23.9. The van der Waals surface area contributed by atoms with Crippen molar-refractivity contribution in [3.63, 3.8) is 0 Å². The zero-order valence-electron chi connectivity index (χ0n) is 20.3. The van der Waals surface area contributed by atoms with Crippen LogP contribution >= 0.6 is 0 Å². The Balaban J connectivity index is 1.34. The van der Waals surface area contributed by atoms with E-state index >= 15 is 0 Å². The predicted octanol–water partition coefficient (Wildman–Crippen LogP) is 5.79. The molecule has 0 aliphatic rings. The van der Waals surface area contributed by atoms with Gasteiger partial charge in [-0.25, -0.2) is 4.98 Å². The minimum absolute atomic E-state index is 0.0377. The molecule has 1 N–H and O–H groups in total. The molecule has 1 amide bonds. The number of nitrogens with zero attached hydrogens (tertiary/aromatic N) is 2. The highest BCUT2D eigenvalue weighted by Gasteiger charge is 2.12. The molecule has 0 fully saturated rings. The lowest BCUT2D eigenvalue weighted by Gasteiger charge is -2.12. The average molecular weight is 456 g/mol. The Morgan fingerprint density at radius 2 is 1.74 bits per heavy atom. The van der Waals surface area contributed by atoms with Crippen LogP contribution in [0, 0.1) is 20.8 Å². The molecular weight excluding hydrogens is 422 g/mol. The quantitative estimate of drug-likeness (QED) is 0.308. The van der Waals surface area contributed by atoms with E-state index in [1.807, 2.05) is 49.4 Å². The molecule has 0 atom stereocenters. The van der Waals surface area contributed by atoms with Crippen LogP contribution in [-0.2, 0) is 13.0 Å². The number of hydrogen-bond donors (Lipinski definition) is 1. The van der Waals surface area contributed by atoms with Crippen LogP contribution in [0.3, 0.4) is 0 Å². The summed E-state index contributed by atoms with van der Waals surface area (Å²) >= 11 is 0. The number of amides is 1. The molecule has 3 aromatic carbocycles. The number of para-hydroxylation sites is 2. The number of fused-ring (bicyclic) bond motifs is 1. The van der Waals surface area contributed by atoms with Crippen molar-refractivity contribution in [2.75, 3.05) is 13.2 Å². The normalized spacial score (nSPS) is 11.0. The number of hydrogen-bond acceptors (Lipinski definition) is 3. The predicted molar refractivity (Wildman–Crippen MR) is 138 cm³/mol. The van der Waals surface area contributed by atoms with Gasteiger partial charge in [-0.05, 0) is 69.0 Å². The fourth-order valence-corrected chi connectivity index (χ4v) is 4.29. The highest BCUT2D eigenvalue weighted by molar-refractivity contribution is 5.95. The summed E-state index contributed by atoms with van der Waals surface area (Å²) in [4.78, 5) is 17.4. The monoisotopic (exact) mass is 455 g/mol. The van der Waals surface area contributed by atoms with Gasteiger partial charge in [-0.3, -0.25) is 4.79 Å². The maximum absolute atomic E-state index is 12.6. The minimum atomic E-state index is -0.0377. The number of imidazole rings is 1. The summed E-state index contributed by atoms with van der Waals surface area (Å²) in [5, 5.41) is 3.05. The Morgan fingerprint density at radius 1 is 0.941 bits per heavy atom. The third kappa shape index (κ3) is 5.66. The highest BCUT2D eigenvalue weighted by atomic mass is 16.5. The summed E-state index contributed by atoms with van der Waals surface area (Å²) in [6.07, 6.45) is 2.64. The number of aromatic nitrogens is 2. The number of ether oxygens (including phenoxy) is 1. The van der Waals surface area contributed by atoms with Gasteiger partial charge in [0.15, 0.2) is 0 Å². The van der Waals surface area contributed by atoms with E-state index in [2.05, 4.69) is 48.0 Å². The molecule has 0 spiro atoms. The van der Waals surface area contributed by atoms with E-state index < -0.39 is 0 Å². The van der Waals surface area contributed by atoms with Crippen LogP contribution in [0.25, 0.3) is 11.0 Å². The first kappa shape index (κ1) is 23.6. The van der Waals surface area contributed by atoms with Crippen LogP contribution in [-0.4, -0.2) is 28.6 Å². The van der Waals surface area contributed by atoms with Crippen molar-refractivity contribution in [2.45, 2.75) is 46.6 Å². The van der Waals surface area contributed by atoms with Crippen molar-refractivity contribution in [3.8, 4) is 5.75 Å². The second-order valence-corrected chi connectivity index (χ2v) is 8.81. The Kier molecular flexibility index (Phi) is 7.63. The first-order valence-corrected chi connectivity index (χ1v) is 12.0. The fourth-order valence-electron chi connectivity index (χ4n) is 4.29. The van der Waals surface area contributed by atoms with E-state index in [4.69, 9.17) is 9.72 Å². The maximum atomic E-state index is 12.6. The van der Waals surface area contributed by atoms with Crippen LogP contribution < -0.4 is 10.1 Å². The smallest absolute Gasteiger partial charge is 0.251 e. The van der Waals surface area contributed by atoms with Gasteiger partial charge in [0.1, 0.15) is 11.6 Å². The van der Waals surface area contributed by atoms with Crippen molar-refractivity contribution in [2.24, 2.45) is 0 Å². The molecule has 0 bridgehead atoms. The molecule has 34 heavy (non-hydrogen) atoms. The Morgan fingerprint density at radius 3 is 2.56 bits per heavy atom. The molecular formula is C29H33N3O2. The molecule has 1 heterocycles. The van der Waals surface area contributed by atoms with E-state index in [-0.39, 0.29) is 5.91 Å². The second kappa shape index (κ2) is 11.0. The van der Waals surface area contributed by atoms with Gasteiger partial charge in [-0.15, -0.1) is 0 Å². The summed E-state index contributed by atoms with van der Waals surface area (Å²) < 4.78 is 8.28. The first-order valence-electron chi connectivity index (χ1n) is 12.0. The minimum Gasteiger partial charge on any atom is -0.493 e. The average Bonchev–Trinajstić information content (AvgIpc) is 3.17. The van der Waals surface area contributed by atoms with Gasteiger partial charge in [0.25, 0.3) is 5.91 Å². The Hall–Kier alpha value is -3.60. The van der Waals surface area contributed by atoms with Gasteiger partial charge >= 0.3 is 0 Å². The second-order valence-electron chi connectivity index (χ2n) is 8.81. The summed E-state index contributed by atoms with van der Waals surface area (Å²) in [6.45, 7) is 8.25. The number of carbonyl (C=O) groups excluding carboxylic acids is 1. The topological polar surface area (TPSA) is 56.1 Å². The number of nitrogens with one attached hydrogen (secondary N) is 1. The maximum Gasteiger partial charge on any atom is 0.251 e. The van der Waals surface area contributed by atoms with Gasteiger partial charge in [-0.2, -0.15) is 0 Å². The van der Waals surface area contributed by atoms with E-state index in [0.29, 0.717) is 19.6 Å². The van der Waals surface area contributed by atoms with Crippen LogP contribution in [0.15, 0.2) is 66.7 Å². The Bertz CT molecular complexity index is 1280. The van der Waals surface area contributed by atoms with Crippen LogP contribution in [0.5, 0.6) is 5.75 Å². The molecule has 176 valence electrons. The van der Waals surface area contributed by atoms with Crippen LogP contribution in [0.1, 0.15) is 45.7 Å². The third-order valence-corrected chi connectivity index (χ3v) is 6.12. The summed E-state index contributed by atoms with van der Waals surface area (Å²) in [5.74, 6) is 1.93. The van der Waals surface area contributed by atoms with E-state index in [1.165, 1.54) is 11.1 Å². The van der Waals surface area contributed by atoms with E-state index in [0.717, 1.165) is 53.1 Å². The highest BCUT2D eigenvalue weighted by Crippen LogP contribution is 2.20. The summed E-state index contributed by atoms with van der Waals surface area (Å²) in [7, 11) is 0. The van der Waals surface area contributed by atoms with Gasteiger partial charge < -0.3 is 14.6 Å². The van der Waals surface area contributed by atoms with Gasteiger partial charge in [0.2, 0.25) is 0 Å². The fraction of sp³-hybridized carbons (Fsp3) is 0.310. The summed E-state index contributed by atoms with van der Waals surface area (Å²) in [5.41, 5.74) is 6.26. The lowest BCUT2D eigenvalue weighted by Crippen LogP contribution is -2.27. The van der Waals surface area contributed by atoms with Gasteiger partial charge in [0, 0.05) is 25.1 Å². The Labute approximate surface area is 201 Å². The molecule has 5 nitrogen and oxygen atoms in total. The molecule has 0 aliphatic carbocycles. The van der Waals surface area contributed by atoms with Gasteiger partial charge in [-0.1, -0.05) is 48.0 Å². The van der Waals surface area contributed by atoms with E-state index in [1.54, 1.807) is 0 Å². The SMILES string of the molecule is Cc1ccc(OCCCCn2c(CCNC(=O)c3ccccc3C)nc3ccccc32)c(C)c1. The molecule has 0 aliphatic heterocycles. The number of aryl methyl sites for hydroxylation is 4. The molecule has 5 heteroatoms. The molecule has 0 radical (unpaired) electrons. The van der Waals surface area contributed by atoms with Crippen molar-refractivity contribution in [3.05, 3.63) is 94.8 Å². The standard InChI is InChI=1S/C29H33N3O2/c1-21-14-15-27(23(3)20-21)34-19-9-8-18-32-26-13-7-6-12-25(26)31-28(32)16-17-30-29(33)24-11-5-4-10-22(24)2/h4-7,10-15,20H,8-9,16-19H2,1-3H3,(H,30,33). The molecule has 0 unspecified atom stereocenters. The number of rotatable bonds is 10. The first-order chi connectivity index (χ1) is 16.5. The van der Waals surface area contributed by atoms with Crippen molar-refractivity contribution >= 4 is 16.9 Å². The van der Waals surface area contributed by atoms with Crippen LogP contribution in [0.4, 0.5) is 0 Å². The number of unbranched alkanes of at least 4 members (excludes halogenated alkanes) is 1. The van der Waals surface area contributed by atoms with Gasteiger partial charge in [0.05, 0.1) is 17.6 Å². The lowest BCUT2D eigenvalue weighted by atomic mass is 10.1.